The van der Waals surface area contributed by atoms with E-state index >= 15 is 0 Å². The minimum atomic E-state index is 0.161. The van der Waals surface area contributed by atoms with Crippen LogP contribution < -0.4 is 4.74 Å². The van der Waals surface area contributed by atoms with Gasteiger partial charge in [0, 0.05) is 11.8 Å². The lowest BCUT2D eigenvalue weighted by Crippen LogP contribution is -2.06. The number of benzene rings is 1. The summed E-state index contributed by atoms with van der Waals surface area (Å²) in [4.78, 5) is 10.5. The Labute approximate surface area is 83.9 Å². The van der Waals surface area contributed by atoms with Crippen molar-refractivity contribution in [1.29, 1.82) is 0 Å². The molecule has 0 radical (unpaired) electrons. The molecule has 1 aliphatic rings. The summed E-state index contributed by atoms with van der Waals surface area (Å²) in [5, 5.41) is 0. The third kappa shape index (κ3) is 1.52. The average molecular weight is 190 g/mol. The van der Waals surface area contributed by atoms with Gasteiger partial charge >= 0.3 is 0 Å². The van der Waals surface area contributed by atoms with Gasteiger partial charge in [0.25, 0.3) is 0 Å². The molecule has 1 saturated carbocycles. The van der Waals surface area contributed by atoms with Crippen LogP contribution >= 0.6 is 0 Å². The van der Waals surface area contributed by atoms with E-state index in [1.165, 1.54) is 5.56 Å². The molecule has 0 atom stereocenters. The highest BCUT2D eigenvalue weighted by Crippen LogP contribution is 2.50. The molecule has 0 spiro atoms. The van der Waals surface area contributed by atoms with Gasteiger partial charge in [0.1, 0.15) is 12.0 Å². The first-order valence-corrected chi connectivity index (χ1v) is 4.89. The van der Waals surface area contributed by atoms with Crippen LogP contribution in [0.2, 0.25) is 0 Å². The van der Waals surface area contributed by atoms with Gasteiger partial charge < -0.3 is 9.53 Å². The Morgan fingerprint density at radius 3 is 2.43 bits per heavy atom. The first kappa shape index (κ1) is 9.25. The van der Waals surface area contributed by atoms with Gasteiger partial charge in [-0.2, -0.15) is 0 Å². The number of carbonyl (C=O) groups is 1. The van der Waals surface area contributed by atoms with Gasteiger partial charge in [-0.15, -0.1) is 0 Å². The van der Waals surface area contributed by atoms with Crippen molar-refractivity contribution < 1.29 is 9.53 Å². The van der Waals surface area contributed by atoms with Crippen molar-refractivity contribution in [2.24, 2.45) is 0 Å². The second-order valence-corrected chi connectivity index (χ2v) is 3.88. The minimum absolute atomic E-state index is 0.161. The second-order valence-electron chi connectivity index (χ2n) is 3.88. The van der Waals surface area contributed by atoms with Crippen LogP contribution in [0.25, 0.3) is 0 Å². The summed E-state index contributed by atoms with van der Waals surface area (Å²) in [5.74, 6) is 0.871. The number of aldehydes is 1. The zero-order chi connectivity index (χ0) is 10.0. The lowest BCUT2D eigenvalue weighted by atomic mass is 9.93. The molecule has 2 heteroatoms. The summed E-state index contributed by atoms with van der Waals surface area (Å²) < 4.78 is 5.09. The van der Waals surface area contributed by atoms with E-state index in [1.807, 2.05) is 12.1 Å². The van der Waals surface area contributed by atoms with Crippen molar-refractivity contribution in [3.63, 3.8) is 0 Å². The zero-order valence-corrected chi connectivity index (χ0v) is 8.32. The fraction of sp³-hybridized carbons (Fsp3) is 0.417. The molecule has 1 fully saturated rings. The fourth-order valence-electron chi connectivity index (χ4n) is 1.87. The van der Waals surface area contributed by atoms with Crippen LogP contribution in [-0.2, 0) is 10.2 Å². The topological polar surface area (TPSA) is 26.3 Å². The average Bonchev–Trinajstić information content (AvgIpc) is 3.00. The lowest BCUT2D eigenvalue weighted by molar-refractivity contribution is -0.108. The van der Waals surface area contributed by atoms with Crippen molar-refractivity contribution in [3.8, 4) is 5.75 Å². The van der Waals surface area contributed by atoms with E-state index in [1.54, 1.807) is 7.11 Å². The molecule has 2 nitrogen and oxygen atoms in total. The monoisotopic (exact) mass is 190 g/mol. The Hall–Kier alpha value is -1.31. The van der Waals surface area contributed by atoms with Crippen LogP contribution in [0, 0.1) is 0 Å². The second kappa shape index (κ2) is 3.45. The largest absolute Gasteiger partial charge is 0.497 e. The molecule has 0 N–H and O–H groups in total. The van der Waals surface area contributed by atoms with Gasteiger partial charge in [0.15, 0.2) is 0 Å². The van der Waals surface area contributed by atoms with E-state index in [4.69, 9.17) is 4.74 Å². The molecule has 0 saturated heterocycles. The Morgan fingerprint density at radius 1 is 1.36 bits per heavy atom. The van der Waals surface area contributed by atoms with Gasteiger partial charge in [0.2, 0.25) is 0 Å². The Balaban J connectivity index is 2.20. The Kier molecular flexibility index (Phi) is 2.28. The molecule has 0 aliphatic heterocycles. The quantitative estimate of drug-likeness (QED) is 0.681. The molecule has 0 unspecified atom stereocenters. The molecule has 0 aromatic heterocycles. The highest BCUT2D eigenvalue weighted by atomic mass is 16.5. The summed E-state index contributed by atoms with van der Waals surface area (Å²) in [5.41, 5.74) is 1.43. The summed E-state index contributed by atoms with van der Waals surface area (Å²) in [6.45, 7) is 0. The van der Waals surface area contributed by atoms with Gasteiger partial charge in [0.05, 0.1) is 7.11 Å². The highest BCUT2D eigenvalue weighted by molar-refractivity contribution is 5.55. The molecule has 14 heavy (non-hydrogen) atoms. The summed E-state index contributed by atoms with van der Waals surface area (Å²) in [6.07, 6.45) is 3.95. The lowest BCUT2D eigenvalue weighted by Gasteiger charge is -2.12. The number of hydrogen-bond donors (Lipinski definition) is 0. The zero-order valence-electron chi connectivity index (χ0n) is 8.32. The van der Waals surface area contributed by atoms with Crippen LogP contribution in [-0.4, -0.2) is 13.4 Å². The maximum atomic E-state index is 10.5. The Bertz CT molecular complexity index is 323. The molecule has 1 aliphatic carbocycles. The molecular formula is C12H14O2. The predicted molar refractivity (Wildman–Crippen MR) is 54.6 cm³/mol. The standard InChI is InChI=1S/C12H14O2/c1-14-11-4-2-10(3-5-11)12(6-7-12)8-9-13/h2-5,9H,6-8H2,1H3. The molecule has 74 valence electrons. The van der Waals surface area contributed by atoms with Crippen LogP contribution in [0.1, 0.15) is 24.8 Å². The van der Waals surface area contributed by atoms with Crippen molar-refractivity contribution >= 4 is 6.29 Å². The van der Waals surface area contributed by atoms with E-state index < -0.39 is 0 Å². The SMILES string of the molecule is COc1ccc(C2(CC=O)CC2)cc1. The smallest absolute Gasteiger partial charge is 0.120 e. The summed E-state index contributed by atoms with van der Waals surface area (Å²) in [6, 6.07) is 8.05. The number of hydrogen-bond acceptors (Lipinski definition) is 2. The fourth-order valence-corrected chi connectivity index (χ4v) is 1.87. The minimum Gasteiger partial charge on any atom is -0.497 e. The van der Waals surface area contributed by atoms with Crippen molar-refractivity contribution in [1.82, 2.24) is 0 Å². The number of carbonyl (C=O) groups excluding carboxylic acids is 1. The molecule has 0 amide bonds. The third-order valence-electron chi connectivity index (χ3n) is 3.03. The molecule has 1 aromatic rings. The number of ether oxygens (including phenoxy) is 1. The van der Waals surface area contributed by atoms with Crippen molar-refractivity contribution in [2.75, 3.05) is 7.11 Å². The van der Waals surface area contributed by atoms with Gasteiger partial charge in [-0.05, 0) is 30.5 Å². The predicted octanol–water partition coefficient (Wildman–Crippen LogP) is 2.32. The van der Waals surface area contributed by atoms with Crippen LogP contribution in [0.5, 0.6) is 5.75 Å². The van der Waals surface area contributed by atoms with E-state index in [0.29, 0.717) is 6.42 Å². The van der Waals surface area contributed by atoms with E-state index in [-0.39, 0.29) is 5.41 Å². The maximum Gasteiger partial charge on any atom is 0.120 e. The van der Waals surface area contributed by atoms with Gasteiger partial charge in [-0.3, -0.25) is 0 Å². The van der Waals surface area contributed by atoms with E-state index in [2.05, 4.69) is 12.1 Å². The highest BCUT2D eigenvalue weighted by Gasteiger charge is 2.43. The summed E-state index contributed by atoms with van der Waals surface area (Å²) in [7, 11) is 1.66. The van der Waals surface area contributed by atoms with Crippen molar-refractivity contribution in [2.45, 2.75) is 24.7 Å². The molecular weight excluding hydrogens is 176 g/mol. The van der Waals surface area contributed by atoms with E-state index in [9.17, 15) is 4.79 Å². The van der Waals surface area contributed by atoms with E-state index in [0.717, 1.165) is 24.9 Å². The summed E-state index contributed by atoms with van der Waals surface area (Å²) >= 11 is 0. The van der Waals surface area contributed by atoms with Crippen LogP contribution in [0.4, 0.5) is 0 Å². The normalized spacial score (nSPS) is 17.5. The Morgan fingerprint density at radius 2 is 2.00 bits per heavy atom. The molecule has 2 rings (SSSR count). The van der Waals surface area contributed by atoms with Crippen LogP contribution in [0.15, 0.2) is 24.3 Å². The molecule has 0 bridgehead atoms. The van der Waals surface area contributed by atoms with Crippen LogP contribution in [0.3, 0.4) is 0 Å². The number of rotatable bonds is 4. The molecule has 1 aromatic carbocycles. The maximum absolute atomic E-state index is 10.5. The number of methoxy groups -OCH3 is 1. The van der Waals surface area contributed by atoms with Gasteiger partial charge in [-0.1, -0.05) is 12.1 Å². The van der Waals surface area contributed by atoms with Crippen molar-refractivity contribution in [3.05, 3.63) is 29.8 Å². The third-order valence-corrected chi connectivity index (χ3v) is 3.03. The van der Waals surface area contributed by atoms with Gasteiger partial charge in [-0.25, -0.2) is 0 Å². The first-order valence-electron chi connectivity index (χ1n) is 4.89. The first-order chi connectivity index (χ1) is 6.80. The molecule has 0 heterocycles.